The molecular weight excluding hydrogens is 566 g/mol. The van der Waals surface area contributed by atoms with Crippen LogP contribution in [0.4, 0.5) is 0 Å². The zero-order valence-corrected chi connectivity index (χ0v) is 24.6. The zero-order chi connectivity index (χ0) is 30.2. The van der Waals surface area contributed by atoms with Crippen molar-refractivity contribution >= 4 is 65.6 Å². The zero-order valence-electron chi connectivity index (χ0n) is 24.6. The Kier molecular flexibility index (Phi) is 5.22. The van der Waals surface area contributed by atoms with Crippen LogP contribution in [0.15, 0.2) is 156 Å². The van der Waals surface area contributed by atoms with Gasteiger partial charge < -0.3 is 18.3 Å². The van der Waals surface area contributed by atoms with E-state index >= 15 is 0 Å². The van der Waals surface area contributed by atoms with E-state index in [1.165, 1.54) is 32.6 Å². The molecule has 0 saturated heterocycles. The molecule has 10 rings (SSSR count). The molecule has 4 aromatic heterocycles. The second-order valence-electron chi connectivity index (χ2n) is 11.6. The van der Waals surface area contributed by atoms with Gasteiger partial charge in [0, 0.05) is 44.1 Å². The number of fused-ring (bicyclic) bond motifs is 9. The Bertz CT molecular complexity index is 2730. The number of rotatable bonds is 4. The van der Waals surface area contributed by atoms with Gasteiger partial charge in [-0.15, -0.1) is 0 Å². The van der Waals surface area contributed by atoms with Crippen molar-refractivity contribution in [1.29, 1.82) is 0 Å². The van der Waals surface area contributed by atoms with Gasteiger partial charge in [0.1, 0.15) is 5.58 Å². The molecule has 0 aliphatic rings. The predicted octanol–water partition coefficient (Wildman–Crippen LogP) is 11.0. The van der Waals surface area contributed by atoms with Crippen molar-refractivity contribution < 1.29 is 9.15 Å². The van der Waals surface area contributed by atoms with Crippen LogP contribution < -0.4 is 4.74 Å². The van der Waals surface area contributed by atoms with Crippen LogP contribution in [-0.2, 0) is 0 Å². The topological polar surface area (TPSA) is 45.1 Å². The van der Waals surface area contributed by atoms with Crippen molar-refractivity contribution in [1.82, 2.24) is 14.1 Å². The Morgan fingerprint density at radius 2 is 1.02 bits per heavy atom. The molecule has 0 saturated carbocycles. The number of nitrogens with zero attached hydrogens (tertiary/aromatic N) is 3. The maximum atomic E-state index is 6.28. The summed E-state index contributed by atoms with van der Waals surface area (Å²) in [6, 6.07) is 50.5. The maximum absolute atomic E-state index is 6.28. The summed E-state index contributed by atoms with van der Waals surface area (Å²) in [5.74, 6) is 1.15. The van der Waals surface area contributed by atoms with Gasteiger partial charge >= 0.3 is 0 Å². The maximum Gasteiger partial charge on any atom is 0.219 e. The van der Waals surface area contributed by atoms with E-state index in [0.29, 0.717) is 11.6 Å². The molecule has 4 heterocycles. The molecule has 216 valence electrons. The second-order valence-corrected chi connectivity index (χ2v) is 11.6. The molecule has 0 atom stereocenters. The molecule has 10 aromatic rings. The molecule has 6 aromatic carbocycles. The van der Waals surface area contributed by atoms with Crippen molar-refractivity contribution in [3.05, 3.63) is 152 Å². The fraction of sp³-hybridized carbons (Fsp3) is 0. The van der Waals surface area contributed by atoms with Gasteiger partial charge in [-0.2, -0.15) is 0 Å². The molecule has 0 N–H and O–H groups in total. The standard InChI is InChI=1S/C41H25N3O2/c1-5-15-34-28(10-1)29-11-2-6-16-35(29)43(34)26-20-22-37-33(24-26)30-12-3-7-17-36(30)44(37)27-21-23-40(42-25-27)45-39-19-9-14-32-31-13-4-8-18-38(31)46-41(32)39/h1-25H. The smallest absolute Gasteiger partial charge is 0.219 e. The molecule has 5 nitrogen and oxygen atoms in total. The second kappa shape index (κ2) is 9.58. The van der Waals surface area contributed by atoms with Crippen LogP contribution in [-0.4, -0.2) is 14.1 Å². The van der Waals surface area contributed by atoms with Crippen LogP contribution in [0.3, 0.4) is 0 Å². The summed E-state index contributed by atoms with van der Waals surface area (Å²) in [4.78, 5) is 4.74. The van der Waals surface area contributed by atoms with E-state index in [-0.39, 0.29) is 0 Å². The minimum atomic E-state index is 0.506. The Hall–Kier alpha value is -6.33. The van der Waals surface area contributed by atoms with Crippen molar-refractivity contribution in [2.75, 3.05) is 0 Å². The number of pyridine rings is 1. The minimum Gasteiger partial charge on any atom is -0.452 e. The molecule has 0 fully saturated rings. The molecule has 0 aliphatic heterocycles. The van der Waals surface area contributed by atoms with Crippen LogP contribution in [0.25, 0.3) is 76.9 Å². The van der Waals surface area contributed by atoms with Gasteiger partial charge in [-0.3, -0.25) is 0 Å². The Balaban J connectivity index is 1.09. The van der Waals surface area contributed by atoms with Gasteiger partial charge in [0.15, 0.2) is 11.3 Å². The van der Waals surface area contributed by atoms with Gasteiger partial charge in [0.25, 0.3) is 0 Å². The van der Waals surface area contributed by atoms with E-state index in [0.717, 1.165) is 44.3 Å². The lowest BCUT2D eigenvalue weighted by Crippen LogP contribution is -1.97. The van der Waals surface area contributed by atoms with Crippen LogP contribution in [0.5, 0.6) is 11.6 Å². The molecule has 0 unspecified atom stereocenters. The normalized spacial score (nSPS) is 11.9. The Labute approximate surface area is 263 Å². The average Bonchev–Trinajstić information content (AvgIpc) is 3.77. The summed E-state index contributed by atoms with van der Waals surface area (Å²) in [7, 11) is 0. The number of aromatic nitrogens is 3. The third-order valence-electron chi connectivity index (χ3n) is 9.06. The van der Waals surface area contributed by atoms with E-state index in [4.69, 9.17) is 14.1 Å². The van der Waals surface area contributed by atoms with Gasteiger partial charge in [0.05, 0.1) is 34.0 Å². The number of ether oxygens (including phenoxy) is 1. The molecular formula is C41H25N3O2. The SMILES string of the molecule is c1ccc2c(c1)oc1c(Oc3ccc(-n4c5ccccc5c5cc(-n6c7ccccc7c7ccccc76)ccc54)cn3)cccc12. The fourth-order valence-electron chi connectivity index (χ4n) is 7.06. The highest BCUT2D eigenvalue weighted by atomic mass is 16.5. The average molecular weight is 592 g/mol. The summed E-state index contributed by atoms with van der Waals surface area (Å²) in [5.41, 5.74) is 8.29. The van der Waals surface area contributed by atoms with Crippen molar-refractivity contribution in [3.63, 3.8) is 0 Å². The highest BCUT2D eigenvalue weighted by Crippen LogP contribution is 2.38. The largest absolute Gasteiger partial charge is 0.452 e. The van der Waals surface area contributed by atoms with E-state index in [9.17, 15) is 0 Å². The first-order chi connectivity index (χ1) is 22.8. The Morgan fingerprint density at radius 1 is 0.457 bits per heavy atom. The quantitative estimate of drug-likeness (QED) is 0.204. The first-order valence-corrected chi connectivity index (χ1v) is 15.4. The lowest BCUT2D eigenvalue weighted by molar-refractivity contribution is 0.458. The molecule has 0 amide bonds. The van der Waals surface area contributed by atoms with Gasteiger partial charge in [-0.1, -0.05) is 84.9 Å². The van der Waals surface area contributed by atoms with E-state index in [2.05, 4.69) is 118 Å². The van der Waals surface area contributed by atoms with E-state index in [1.807, 2.05) is 42.6 Å². The summed E-state index contributed by atoms with van der Waals surface area (Å²) < 4.78 is 17.1. The van der Waals surface area contributed by atoms with Crippen LogP contribution in [0.1, 0.15) is 0 Å². The minimum absolute atomic E-state index is 0.506. The summed E-state index contributed by atoms with van der Waals surface area (Å²) in [6.45, 7) is 0. The third-order valence-corrected chi connectivity index (χ3v) is 9.06. The van der Waals surface area contributed by atoms with Gasteiger partial charge in [-0.25, -0.2) is 4.98 Å². The predicted molar refractivity (Wildman–Crippen MR) is 187 cm³/mol. The molecule has 5 heteroatoms. The molecule has 0 bridgehead atoms. The number of hydrogen-bond donors (Lipinski definition) is 0. The summed E-state index contributed by atoms with van der Waals surface area (Å²) >= 11 is 0. The molecule has 0 aliphatic carbocycles. The van der Waals surface area contributed by atoms with E-state index in [1.54, 1.807) is 0 Å². The third kappa shape index (κ3) is 3.60. The van der Waals surface area contributed by atoms with Gasteiger partial charge in [-0.05, 0) is 54.6 Å². The van der Waals surface area contributed by atoms with Crippen LogP contribution in [0, 0.1) is 0 Å². The van der Waals surface area contributed by atoms with Crippen molar-refractivity contribution in [2.24, 2.45) is 0 Å². The van der Waals surface area contributed by atoms with E-state index < -0.39 is 0 Å². The first-order valence-electron chi connectivity index (χ1n) is 15.4. The number of furan rings is 1. The van der Waals surface area contributed by atoms with Crippen molar-refractivity contribution in [2.45, 2.75) is 0 Å². The molecule has 0 radical (unpaired) electrons. The first kappa shape index (κ1) is 25.0. The molecule has 0 spiro atoms. The monoisotopic (exact) mass is 591 g/mol. The Morgan fingerprint density at radius 3 is 1.72 bits per heavy atom. The highest BCUT2D eigenvalue weighted by Gasteiger charge is 2.17. The lowest BCUT2D eigenvalue weighted by atomic mass is 10.1. The fourth-order valence-corrected chi connectivity index (χ4v) is 7.06. The summed E-state index contributed by atoms with van der Waals surface area (Å²) in [6.07, 6.45) is 1.88. The highest BCUT2D eigenvalue weighted by molar-refractivity contribution is 6.12. The number of para-hydroxylation sites is 5. The van der Waals surface area contributed by atoms with Crippen LogP contribution in [0.2, 0.25) is 0 Å². The van der Waals surface area contributed by atoms with Gasteiger partial charge in [0.2, 0.25) is 5.88 Å². The number of benzene rings is 6. The van der Waals surface area contributed by atoms with Crippen molar-refractivity contribution in [3.8, 4) is 23.0 Å². The number of hydrogen-bond acceptors (Lipinski definition) is 3. The molecule has 46 heavy (non-hydrogen) atoms. The van der Waals surface area contributed by atoms with Crippen LogP contribution >= 0.6 is 0 Å². The lowest BCUT2D eigenvalue weighted by Gasteiger charge is -2.11. The summed E-state index contributed by atoms with van der Waals surface area (Å²) in [5, 5.41) is 6.98.